The molecule has 0 unspecified atom stereocenters. The number of phenols is 1. The molecular weight excluding hydrogens is 348 g/mol. The molecule has 1 fully saturated rings. The lowest BCUT2D eigenvalue weighted by Crippen LogP contribution is -2.35. The van der Waals surface area contributed by atoms with Crippen molar-refractivity contribution in [3.8, 4) is 11.5 Å². The number of amides is 1. The molecule has 0 aromatic heterocycles. The van der Waals surface area contributed by atoms with Gasteiger partial charge in [-0.15, -0.1) is 0 Å². The number of phenolic OH excluding ortho intramolecular Hbond substituents is 1. The van der Waals surface area contributed by atoms with Crippen LogP contribution in [0.15, 0.2) is 22.0 Å². The van der Waals surface area contributed by atoms with E-state index in [1.807, 2.05) is 27.7 Å². The number of aromatic hydroxyl groups is 1. The molecule has 0 radical (unpaired) electrons. The van der Waals surface area contributed by atoms with E-state index in [2.05, 4.69) is 4.99 Å². The number of carbonyl (C=O) groups excluding carboxylic acids is 1. The van der Waals surface area contributed by atoms with E-state index in [4.69, 9.17) is 16.3 Å². The maximum atomic E-state index is 12.7. The van der Waals surface area contributed by atoms with Crippen molar-refractivity contribution >= 4 is 40.5 Å². The second-order valence-electron chi connectivity index (χ2n) is 5.93. The third kappa shape index (κ3) is 3.87. The van der Waals surface area contributed by atoms with Gasteiger partial charge < -0.3 is 9.84 Å². The number of nitrogens with zero attached hydrogens (tertiary/aromatic N) is 2. The summed E-state index contributed by atoms with van der Waals surface area (Å²) >= 11 is 7.35. The van der Waals surface area contributed by atoms with Crippen molar-refractivity contribution < 1.29 is 14.6 Å². The van der Waals surface area contributed by atoms with Crippen molar-refractivity contribution in [1.82, 2.24) is 4.90 Å². The first kappa shape index (κ1) is 18.7. The Kier molecular flexibility index (Phi) is 5.83. The summed E-state index contributed by atoms with van der Waals surface area (Å²) in [7, 11) is 1.45. The molecule has 1 aliphatic rings. The quantitative estimate of drug-likeness (QED) is 0.811. The zero-order chi connectivity index (χ0) is 18.0. The summed E-state index contributed by atoms with van der Waals surface area (Å²) in [4.78, 5) is 19.4. The zero-order valence-corrected chi connectivity index (χ0v) is 15.9. The van der Waals surface area contributed by atoms with Crippen molar-refractivity contribution in [2.75, 3.05) is 7.11 Å². The van der Waals surface area contributed by atoms with Crippen LogP contribution in [0, 0.1) is 0 Å². The van der Waals surface area contributed by atoms with Gasteiger partial charge in [-0.25, -0.2) is 0 Å². The summed E-state index contributed by atoms with van der Waals surface area (Å²) in [6.07, 6.45) is 1.62. The Morgan fingerprint density at radius 2 is 2.00 bits per heavy atom. The molecular formula is C17H21ClN2O3S. The molecule has 1 heterocycles. The number of hydrogen-bond donors (Lipinski definition) is 1. The lowest BCUT2D eigenvalue weighted by atomic mass is 10.1. The molecule has 0 bridgehead atoms. The molecule has 1 aromatic rings. The van der Waals surface area contributed by atoms with Crippen LogP contribution in [0.25, 0.3) is 6.08 Å². The highest BCUT2D eigenvalue weighted by Crippen LogP contribution is 2.39. The summed E-state index contributed by atoms with van der Waals surface area (Å²) in [5.41, 5.74) is 0.435. The van der Waals surface area contributed by atoms with E-state index in [-0.39, 0.29) is 29.5 Å². The SMILES string of the molecule is COc1cc(Cl)cc(/C=C2\SC(=NC(C)C)N(C(C)C)C2=O)c1O. The lowest BCUT2D eigenvalue weighted by Gasteiger charge is -2.20. The van der Waals surface area contributed by atoms with Crippen LogP contribution >= 0.6 is 23.4 Å². The second-order valence-corrected chi connectivity index (χ2v) is 7.38. The van der Waals surface area contributed by atoms with Gasteiger partial charge in [-0.3, -0.25) is 14.7 Å². The predicted octanol–water partition coefficient (Wildman–Crippen LogP) is 4.14. The Hall–Kier alpha value is -1.66. The standard InChI is InChI=1S/C17H21ClN2O3S/c1-9(2)19-17-20(10(3)4)16(22)14(24-17)7-11-6-12(18)8-13(23-5)15(11)21/h6-10,21H,1-5H3/b14-7-,19-17?. The average Bonchev–Trinajstić information content (AvgIpc) is 2.77. The van der Waals surface area contributed by atoms with Gasteiger partial charge in [-0.05, 0) is 51.6 Å². The number of amidine groups is 1. The molecule has 130 valence electrons. The number of thioether (sulfide) groups is 1. The summed E-state index contributed by atoms with van der Waals surface area (Å²) in [6, 6.07) is 3.20. The van der Waals surface area contributed by atoms with E-state index >= 15 is 0 Å². The topological polar surface area (TPSA) is 62.1 Å². The number of ether oxygens (including phenoxy) is 1. The number of halogens is 1. The smallest absolute Gasteiger partial charge is 0.266 e. The first-order valence-electron chi connectivity index (χ1n) is 7.62. The van der Waals surface area contributed by atoms with Gasteiger partial charge in [0.05, 0.1) is 12.0 Å². The van der Waals surface area contributed by atoms with Crippen LogP contribution in [0.2, 0.25) is 5.02 Å². The highest BCUT2D eigenvalue weighted by molar-refractivity contribution is 8.18. The van der Waals surface area contributed by atoms with E-state index in [9.17, 15) is 9.90 Å². The monoisotopic (exact) mass is 368 g/mol. The minimum absolute atomic E-state index is 0.00380. The molecule has 5 nitrogen and oxygen atoms in total. The van der Waals surface area contributed by atoms with Crippen LogP contribution in [-0.4, -0.2) is 40.3 Å². The Labute approximate surface area is 151 Å². The van der Waals surface area contributed by atoms with Crippen molar-refractivity contribution in [1.29, 1.82) is 0 Å². The first-order chi connectivity index (χ1) is 11.2. The van der Waals surface area contributed by atoms with Crippen molar-refractivity contribution in [3.05, 3.63) is 27.6 Å². The van der Waals surface area contributed by atoms with Gasteiger partial charge in [-0.2, -0.15) is 0 Å². The molecule has 7 heteroatoms. The largest absolute Gasteiger partial charge is 0.504 e. The summed E-state index contributed by atoms with van der Waals surface area (Å²) in [6.45, 7) is 7.81. The first-order valence-corrected chi connectivity index (χ1v) is 8.81. The number of rotatable bonds is 4. The van der Waals surface area contributed by atoms with Crippen molar-refractivity contribution in [3.63, 3.8) is 0 Å². The molecule has 2 rings (SSSR count). The van der Waals surface area contributed by atoms with Gasteiger partial charge in [0, 0.05) is 28.7 Å². The highest BCUT2D eigenvalue weighted by atomic mass is 35.5. The Morgan fingerprint density at radius 3 is 2.54 bits per heavy atom. The minimum Gasteiger partial charge on any atom is -0.504 e. The molecule has 1 N–H and O–H groups in total. The minimum atomic E-state index is -0.132. The highest BCUT2D eigenvalue weighted by Gasteiger charge is 2.35. The molecule has 1 aliphatic heterocycles. The molecule has 0 aliphatic carbocycles. The fourth-order valence-electron chi connectivity index (χ4n) is 2.25. The fraction of sp³-hybridized carbons (Fsp3) is 0.412. The lowest BCUT2D eigenvalue weighted by molar-refractivity contribution is -0.123. The summed E-state index contributed by atoms with van der Waals surface area (Å²) in [5, 5.41) is 11.3. The second kappa shape index (κ2) is 7.49. The maximum Gasteiger partial charge on any atom is 0.266 e. The fourth-order valence-corrected chi connectivity index (χ4v) is 3.69. The van der Waals surface area contributed by atoms with Crippen LogP contribution < -0.4 is 4.74 Å². The Balaban J connectivity index is 2.48. The zero-order valence-electron chi connectivity index (χ0n) is 14.3. The van der Waals surface area contributed by atoms with Gasteiger partial charge >= 0.3 is 0 Å². The van der Waals surface area contributed by atoms with E-state index in [0.29, 0.717) is 20.7 Å². The summed E-state index contributed by atoms with van der Waals surface area (Å²) in [5.74, 6) is 0.0856. The van der Waals surface area contributed by atoms with Gasteiger partial charge in [0.2, 0.25) is 0 Å². The number of benzene rings is 1. The van der Waals surface area contributed by atoms with Crippen LogP contribution in [0.4, 0.5) is 0 Å². The van der Waals surface area contributed by atoms with Crippen molar-refractivity contribution in [2.24, 2.45) is 4.99 Å². The number of aliphatic imine (C=N–C) groups is 1. The van der Waals surface area contributed by atoms with Gasteiger partial charge in [0.1, 0.15) is 0 Å². The van der Waals surface area contributed by atoms with E-state index in [0.717, 1.165) is 0 Å². The molecule has 1 saturated heterocycles. The number of methoxy groups -OCH3 is 1. The van der Waals surface area contributed by atoms with Crippen LogP contribution in [0.3, 0.4) is 0 Å². The molecule has 24 heavy (non-hydrogen) atoms. The van der Waals surface area contributed by atoms with E-state index in [1.54, 1.807) is 17.0 Å². The Bertz CT molecular complexity index is 714. The molecule has 1 aromatic carbocycles. The van der Waals surface area contributed by atoms with Gasteiger partial charge in [0.15, 0.2) is 16.7 Å². The van der Waals surface area contributed by atoms with Gasteiger partial charge in [0.25, 0.3) is 5.91 Å². The molecule has 0 spiro atoms. The predicted molar refractivity (Wildman–Crippen MR) is 99.8 cm³/mol. The third-order valence-electron chi connectivity index (χ3n) is 3.30. The maximum absolute atomic E-state index is 12.7. The van der Waals surface area contributed by atoms with Crippen molar-refractivity contribution in [2.45, 2.75) is 39.8 Å². The van der Waals surface area contributed by atoms with Crippen LogP contribution in [0.5, 0.6) is 11.5 Å². The van der Waals surface area contributed by atoms with Crippen LogP contribution in [-0.2, 0) is 4.79 Å². The van der Waals surface area contributed by atoms with Gasteiger partial charge in [-0.1, -0.05) is 11.6 Å². The molecule has 0 saturated carbocycles. The third-order valence-corrected chi connectivity index (χ3v) is 4.51. The van der Waals surface area contributed by atoms with E-state index in [1.165, 1.54) is 24.9 Å². The average molecular weight is 369 g/mol. The normalized spacial score (nSPS) is 18.5. The van der Waals surface area contributed by atoms with E-state index < -0.39 is 0 Å². The molecule has 0 atom stereocenters. The summed E-state index contributed by atoms with van der Waals surface area (Å²) < 4.78 is 5.10. The number of carbonyl (C=O) groups is 1. The van der Waals surface area contributed by atoms with Crippen LogP contribution in [0.1, 0.15) is 33.3 Å². The Morgan fingerprint density at radius 1 is 1.33 bits per heavy atom. The number of hydrogen-bond acceptors (Lipinski definition) is 5. The molecule has 1 amide bonds.